The van der Waals surface area contributed by atoms with Gasteiger partial charge in [0.05, 0.1) is 11.5 Å². The molecule has 2 rings (SSSR count). The van der Waals surface area contributed by atoms with E-state index in [2.05, 4.69) is 5.32 Å². The molecule has 1 saturated carbocycles. The van der Waals surface area contributed by atoms with Gasteiger partial charge in [0.15, 0.2) is 0 Å². The molecule has 0 unspecified atom stereocenters. The van der Waals surface area contributed by atoms with Crippen LogP contribution in [0, 0.1) is 10.1 Å². The second-order valence-corrected chi connectivity index (χ2v) is 5.09. The molecule has 0 aromatic heterocycles. The minimum Gasteiger partial charge on any atom is -0.395 e. The Bertz CT molecular complexity index is 497. The Morgan fingerprint density at radius 3 is 2.48 bits per heavy atom. The molecule has 0 aliphatic heterocycles. The number of amides is 2. The molecule has 1 aromatic rings. The van der Waals surface area contributed by atoms with Crippen LogP contribution in [0.1, 0.15) is 25.7 Å². The molecule has 21 heavy (non-hydrogen) atoms. The molecular weight excluding hydrogens is 274 g/mol. The summed E-state index contributed by atoms with van der Waals surface area (Å²) in [5, 5.41) is 22.4. The lowest BCUT2D eigenvalue weighted by Crippen LogP contribution is -2.43. The van der Waals surface area contributed by atoms with E-state index < -0.39 is 4.92 Å². The number of urea groups is 1. The van der Waals surface area contributed by atoms with Gasteiger partial charge in [0.2, 0.25) is 0 Å². The highest BCUT2D eigenvalue weighted by molar-refractivity contribution is 5.89. The minimum atomic E-state index is -0.484. The Morgan fingerprint density at radius 2 is 1.95 bits per heavy atom. The molecule has 7 nitrogen and oxygen atoms in total. The number of carbonyl (C=O) groups is 1. The monoisotopic (exact) mass is 293 g/mol. The van der Waals surface area contributed by atoms with Gasteiger partial charge in [0, 0.05) is 30.4 Å². The van der Waals surface area contributed by atoms with E-state index in [1.165, 1.54) is 24.3 Å². The summed E-state index contributed by atoms with van der Waals surface area (Å²) in [6.07, 6.45) is 4.09. The molecule has 114 valence electrons. The van der Waals surface area contributed by atoms with Crippen LogP contribution < -0.4 is 5.32 Å². The van der Waals surface area contributed by atoms with Gasteiger partial charge < -0.3 is 15.3 Å². The number of nitrogens with one attached hydrogen (secondary N) is 1. The summed E-state index contributed by atoms with van der Waals surface area (Å²) in [7, 11) is 0. The van der Waals surface area contributed by atoms with Crippen molar-refractivity contribution in [2.24, 2.45) is 0 Å². The second kappa shape index (κ2) is 7.03. The molecule has 2 amide bonds. The first-order valence-corrected chi connectivity index (χ1v) is 7.05. The number of nitro groups is 1. The van der Waals surface area contributed by atoms with E-state index >= 15 is 0 Å². The maximum absolute atomic E-state index is 12.3. The summed E-state index contributed by atoms with van der Waals surface area (Å²) < 4.78 is 0. The third kappa shape index (κ3) is 3.91. The van der Waals surface area contributed by atoms with Crippen LogP contribution in [0.5, 0.6) is 0 Å². The number of hydrogen-bond acceptors (Lipinski definition) is 4. The highest BCUT2D eigenvalue weighted by Gasteiger charge is 2.26. The number of non-ortho nitro benzene ring substituents is 1. The van der Waals surface area contributed by atoms with Gasteiger partial charge in [-0.15, -0.1) is 0 Å². The van der Waals surface area contributed by atoms with Crippen LogP contribution in [-0.4, -0.2) is 40.2 Å². The van der Waals surface area contributed by atoms with Gasteiger partial charge in [-0.2, -0.15) is 0 Å². The highest BCUT2D eigenvalue weighted by Crippen LogP contribution is 2.24. The van der Waals surface area contributed by atoms with Crippen LogP contribution in [0.3, 0.4) is 0 Å². The maximum Gasteiger partial charge on any atom is 0.322 e. The van der Waals surface area contributed by atoms with Crippen LogP contribution in [-0.2, 0) is 0 Å². The number of anilines is 1. The zero-order chi connectivity index (χ0) is 15.2. The SMILES string of the molecule is O=C(Nc1ccc([N+](=O)[O-])cc1)N(CCO)C1CCCC1. The fourth-order valence-electron chi connectivity index (χ4n) is 2.64. The first-order valence-electron chi connectivity index (χ1n) is 7.05. The van der Waals surface area contributed by atoms with Crippen LogP contribution >= 0.6 is 0 Å². The molecule has 0 atom stereocenters. The molecule has 0 spiro atoms. The molecule has 1 aromatic carbocycles. The first kappa shape index (κ1) is 15.2. The highest BCUT2D eigenvalue weighted by atomic mass is 16.6. The van der Waals surface area contributed by atoms with Crippen molar-refractivity contribution >= 4 is 17.4 Å². The molecule has 1 aliphatic rings. The van der Waals surface area contributed by atoms with Crippen molar-refractivity contribution in [3.05, 3.63) is 34.4 Å². The number of aliphatic hydroxyl groups excluding tert-OH is 1. The summed E-state index contributed by atoms with van der Waals surface area (Å²) in [6, 6.07) is 5.59. The lowest BCUT2D eigenvalue weighted by Gasteiger charge is -2.28. The number of benzene rings is 1. The third-order valence-corrected chi connectivity index (χ3v) is 3.70. The Kier molecular flexibility index (Phi) is 5.10. The Hall–Kier alpha value is -2.15. The van der Waals surface area contributed by atoms with Gasteiger partial charge in [-0.05, 0) is 25.0 Å². The van der Waals surface area contributed by atoms with Crippen LogP contribution in [0.15, 0.2) is 24.3 Å². The van der Waals surface area contributed by atoms with Gasteiger partial charge in [-0.3, -0.25) is 10.1 Å². The standard InChI is InChI=1S/C14H19N3O4/c18-10-9-16(12-3-1-2-4-12)14(19)15-11-5-7-13(8-6-11)17(20)21/h5-8,12,18H,1-4,9-10H2,(H,15,19). The van der Waals surface area contributed by atoms with Crippen LogP contribution in [0.4, 0.5) is 16.2 Å². The maximum atomic E-state index is 12.3. The number of rotatable bonds is 5. The Labute approximate surface area is 122 Å². The summed E-state index contributed by atoms with van der Waals surface area (Å²) in [5.41, 5.74) is 0.488. The predicted molar refractivity (Wildman–Crippen MR) is 78.2 cm³/mol. The predicted octanol–water partition coefficient (Wildman–Crippen LogP) is 2.36. The van der Waals surface area contributed by atoms with Crippen molar-refractivity contribution in [2.45, 2.75) is 31.7 Å². The van der Waals surface area contributed by atoms with E-state index in [-0.39, 0.29) is 24.4 Å². The number of nitrogens with zero attached hydrogens (tertiary/aromatic N) is 2. The normalized spacial score (nSPS) is 14.9. The average Bonchev–Trinajstić information content (AvgIpc) is 2.99. The van der Waals surface area contributed by atoms with Gasteiger partial charge >= 0.3 is 6.03 Å². The van der Waals surface area contributed by atoms with E-state index in [1.807, 2.05) is 0 Å². The van der Waals surface area contributed by atoms with E-state index in [9.17, 15) is 14.9 Å². The van der Waals surface area contributed by atoms with Crippen molar-refractivity contribution in [2.75, 3.05) is 18.5 Å². The van der Waals surface area contributed by atoms with Crippen LogP contribution in [0.2, 0.25) is 0 Å². The minimum absolute atomic E-state index is 0.0176. The van der Waals surface area contributed by atoms with Gasteiger partial charge in [0.25, 0.3) is 5.69 Å². The molecule has 0 radical (unpaired) electrons. The lowest BCUT2D eigenvalue weighted by atomic mass is 10.2. The summed E-state index contributed by atoms with van der Waals surface area (Å²) >= 11 is 0. The topological polar surface area (TPSA) is 95.7 Å². The van der Waals surface area contributed by atoms with Crippen molar-refractivity contribution in [3.63, 3.8) is 0 Å². The number of hydrogen-bond donors (Lipinski definition) is 2. The largest absolute Gasteiger partial charge is 0.395 e. The Morgan fingerprint density at radius 1 is 1.33 bits per heavy atom. The summed E-state index contributed by atoms with van der Waals surface area (Å²) in [5.74, 6) is 0. The summed E-state index contributed by atoms with van der Waals surface area (Å²) in [6.45, 7) is 0.216. The van der Waals surface area contributed by atoms with E-state index in [1.54, 1.807) is 4.90 Å². The zero-order valence-electron chi connectivity index (χ0n) is 11.7. The number of aliphatic hydroxyl groups is 1. The van der Waals surface area contributed by atoms with E-state index in [0.717, 1.165) is 25.7 Å². The molecule has 1 fully saturated rings. The smallest absolute Gasteiger partial charge is 0.322 e. The fraction of sp³-hybridized carbons (Fsp3) is 0.500. The molecule has 2 N–H and O–H groups in total. The van der Waals surface area contributed by atoms with E-state index in [4.69, 9.17) is 5.11 Å². The average molecular weight is 293 g/mol. The molecule has 1 aliphatic carbocycles. The quantitative estimate of drug-likeness (QED) is 0.643. The molecular formula is C14H19N3O4. The van der Waals surface area contributed by atoms with Crippen molar-refractivity contribution in [1.29, 1.82) is 0 Å². The van der Waals surface area contributed by atoms with Gasteiger partial charge in [-0.25, -0.2) is 4.79 Å². The van der Waals surface area contributed by atoms with E-state index in [0.29, 0.717) is 12.2 Å². The fourth-order valence-corrected chi connectivity index (χ4v) is 2.64. The van der Waals surface area contributed by atoms with Crippen LogP contribution in [0.25, 0.3) is 0 Å². The lowest BCUT2D eigenvalue weighted by molar-refractivity contribution is -0.384. The number of carbonyl (C=O) groups excluding carboxylic acids is 1. The number of nitro benzene ring substituents is 1. The van der Waals surface area contributed by atoms with Crippen molar-refractivity contribution in [1.82, 2.24) is 4.90 Å². The summed E-state index contributed by atoms with van der Waals surface area (Å²) in [4.78, 5) is 24.0. The van der Waals surface area contributed by atoms with Crippen molar-refractivity contribution in [3.8, 4) is 0 Å². The molecule has 0 bridgehead atoms. The molecule has 0 heterocycles. The molecule has 0 saturated heterocycles. The Balaban J connectivity index is 2.01. The molecule has 7 heteroatoms. The zero-order valence-corrected chi connectivity index (χ0v) is 11.7. The van der Waals surface area contributed by atoms with Crippen molar-refractivity contribution < 1.29 is 14.8 Å². The van der Waals surface area contributed by atoms with Gasteiger partial charge in [-0.1, -0.05) is 12.8 Å². The second-order valence-electron chi connectivity index (χ2n) is 5.09. The van der Waals surface area contributed by atoms with Gasteiger partial charge in [0.1, 0.15) is 0 Å². The first-order chi connectivity index (χ1) is 10.1. The third-order valence-electron chi connectivity index (χ3n) is 3.70.